The lowest BCUT2D eigenvalue weighted by Gasteiger charge is -1.98. The summed E-state index contributed by atoms with van der Waals surface area (Å²) in [5.74, 6) is 1.71. The van der Waals surface area contributed by atoms with Gasteiger partial charge in [0.15, 0.2) is 5.82 Å². The zero-order valence-corrected chi connectivity index (χ0v) is 8.94. The summed E-state index contributed by atoms with van der Waals surface area (Å²) < 4.78 is 7.01. The van der Waals surface area contributed by atoms with Crippen LogP contribution in [0.3, 0.4) is 0 Å². The summed E-state index contributed by atoms with van der Waals surface area (Å²) in [5, 5.41) is 0. The van der Waals surface area contributed by atoms with Gasteiger partial charge in [0.05, 0.1) is 5.56 Å². The van der Waals surface area contributed by atoms with Crippen molar-refractivity contribution in [3.05, 3.63) is 41.4 Å². The van der Waals surface area contributed by atoms with Gasteiger partial charge in [0, 0.05) is 19.4 Å². The number of imidazole rings is 1. The molecule has 0 aliphatic rings. The van der Waals surface area contributed by atoms with Gasteiger partial charge in [-0.05, 0) is 19.9 Å². The van der Waals surface area contributed by atoms with Crippen molar-refractivity contribution in [2.24, 2.45) is 7.05 Å². The quantitative estimate of drug-likeness (QED) is 0.701. The number of nitrogens with zero attached hydrogens (tertiary/aromatic N) is 2. The minimum atomic E-state index is -0.100. The molecule has 0 saturated carbocycles. The van der Waals surface area contributed by atoms with Crippen molar-refractivity contribution in [3.63, 3.8) is 0 Å². The molecular weight excluding hydrogens is 192 g/mol. The van der Waals surface area contributed by atoms with Crippen LogP contribution in [0.15, 0.2) is 22.9 Å². The lowest BCUT2D eigenvalue weighted by Crippen LogP contribution is -2.08. The molecule has 0 aromatic carbocycles. The highest BCUT2D eigenvalue weighted by atomic mass is 16.3. The molecule has 15 heavy (non-hydrogen) atoms. The van der Waals surface area contributed by atoms with Crippen molar-refractivity contribution in [2.45, 2.75) is 13.8 Å². The molecule has 0 N–H and O–H groups in total. The van der Waals surface area contributed by atoms with Crippen LogP contribution >= 0.6 is 0 Å². The second kappa shape index (κ2) is 3.38. The number of aromatic nitrogens is 2. The first-order valence-corrected chi connectivity index (χ1v) is 4.68. The lowest BCUT2D eigenvalue weighted by molar-refractivity contribution is 0.102. The minimum absolute atomic E-state index is 0.100. The highest BCUT2D eigenvalue weighted by Gasteiger charge is 2.18. The highest BCUT2D eigenvalue weighted by molar-refractivity contribution is 6.07. The fourth-order valence-corrected chi connectivity index (χ4v) is 1.56. The molecule has 2 aromatic heterocycles. The van der Waals surface area contributed by atoms with Crippen LogP contribution in [-0.4, -0.2) is 15.3 Å². The minimum Gasteiger partial charge on any atom is -0.466 e. The Labute approximate surface area is 87.5 Å². The van der Waals surface area contributed by atoms with E-state index in [0.29, 0.717) is 17.1 Å². The summed E-state index contributed by atoms with van der Waals surface area (Å²) in [7, 11) is 1.79. The van der Waals surface area contributed by atoms with E-state index in [-0.39, 0.29) is 5.78 Å². The first-order chi connectivity index (χ1) is 7.09. The third-order valence-electron chi connectivity index (χ3n) is 2.31. The van der Waals surface area contributed by atoms with E-state index in [1.807, 2.05) is 6.92 Å². The van der Waals surface area contributed by atoms with Crippen LogP contribution in [0.2, 0.25) is 0 Å². The van der Waals surface area contributed by atoms with E-state index in [2.05, 4.69) is 4.98 Å². The average Bonchev–Trinajstić information content (AvgIpc) is 2.71. The molecule has 4 heteroatoms. The van der Waals surface area contributed by atoms with Crippen LogP contribution in [0.4, 0.5) is 0 Å². The predicted octanol–water partition coefficient (Wildman–Crippen LogP) is 1.86. The first-order valence-electron chi connectivity index (χ1n) is 4.68. The van der Waals surface area contributed by atoms with Gasteiger partial charge in [0.25, 0.3) is 0 Å². The number of carbonyl (C=O) groups is 1. The standard InChI is InChI=1S/C11H12N2O2/c1-7-6-9(8(2)15-7)10(14)11-12-4-5-13(11)3/h4-6H,1-3H3. The number of furan rings is 1. The van der Waals surface area contributed by atoms with Crippen molar-refractivity contribution in [2.75, 3.05) is 0 Å². The van der Waals surface area contributed by atoms with Crippen molar-refractivity contribution in [1.82, 2.24) is 9.55 Å². The Balaban J connectivity index is 2.45. The van der Waals surface area contributed by atoms with Crippen molar-refractivity contribution >= 4 is 5.78 Å². The molecule has 0 radical (unpaired) electrons. The van der Waals surface area contributed by atoms with Crippen LogP contribution in [0.1, 0.15) is 27.7 Å². The van der Waals surface area contributed by atoms with Gasteiger partial charge in [-0.3, -0.25) is 4.79 Å². The van der Waals surface area contributed by atoms with E-state index >= 15 is 0 Å². The van der Waals surface area contributed by atoms with E-state index in [4.69, 9.17) is 4.42 Å². The molecule has 2 rings (SSSR count). The van der Waals surface area contributed by atoms with Crippen molar-refractivity contribution in [1.29, 1.82) is 0 Å². The normalized spacial score (nSPS) is 10.6. The second-order valence-electron chi connectivity index (χ2n) is 3.52. The van der Waals surface area contributed by atoms with Gasteiger partial charge in [0.1, 0.15) is 11.5 Å². The van der Waals surface area contributed by atoms with Crippen LogP contribution in [0.5, 0.6) is 0 Å². The Morgan fingerprint density at radius 3 is 2.67 bits per heavy atom. The molecule has 0 amide bonds. The first kappa shape index (κ1) is 9.71. The summed E-state index contributed by atoms with van der Waals surface area (Å²) in [6, 6.07) is 1.74. The molecule has 4 nitrogen and oxygen atoms in total. The number of aryl methyl sites for hydroxylation is 3. The molecule has 0 bridgehead atoms. The van der Waals surface area contributed by atoms with E-state index in [1.165, 1.54) is 0 Å². The Kier molecular flexibility index (Phi) is 2.19. The molecule has 0 unspecified atom stereocenters. The van der Waals surface area contributed by atoms with Crippen LogP contribution < -0.4 is 0 Å². The largest absolute Gasteiger partial charge is 0.466 e. The molecule has 0 saturated heterocycles. The Bertz CT molecular complexity index is 508. The SMILES string of the molecule is Cc1cc(C(=O)c2nccn2C)c(C)o1. The summed E-state index contributed by atoms with van der Waals surface area (Å²) in [6.45, 7) is 3.60. The molecule has 2 heterocycles. The van der Waals surface area contributed by atoms with Gasteiger partial charge in [-0.25, -0.2) is 4.98 Å². The van der Waals surface area contributed by atoms with Gasteiger partial charge < -0.3 is 8.98 Å². The van der Waals surface area contributed by atoms with Crippen molar-refractivity contribution < 1.29 is 9.21 Å². The zero-order chi connectivity index (χ0) is 11.0. The Hall–Kier alpha value is -1.84. The predicted molar refractivity (Wildman–Crippen MR) is 54.8 cm³/mol. The van der Waals surface area contributed by atoms with E-state index in [0.717, 1.165) is 5.76 Å². The van der Waals surface area contributed by atoms with Gasteiger partial charge in [-0.15, -0.1) is 0 Å². The smallest absolute Gasteiger partial charge is 0.231 e. The average molecular weight is 204 g/mol. The summed E-state index contributed by atoms with van der Waals surface area (Å²) >= 11 is 0. The molecule has 0 aliphatic carbocycles. The molecule has 0 fully saturated rings. The monoisotopic (exact) mass is 204 g/mol. The molecule has 0 spiro atoms. The van der Waals surface area contributed by atoms with E-state index in [1.54, 1.807) is 37.0 Å². The van der Waals surface area contributed by atoms with E-state index in [9.17, 15) is 4.79 Å². The fourth-order valence-electron chi connectivity index (χ4n) is 1.56. The number of hydrogen-bond donors (Lipinski definition) is 0. The zero-order valence-electron chi connectivity index (χ0n) is 8.94. The number of rotatable bonds is 2. The number of hydrogen-bond acceptors (Lipinski definition) is 3. The molecule has 0 atom stereocenters. The third-order valence-corrected chi connectivity index (χ3v) is 2.31. The van der Waals surface area contributed by atoms with Crippen LogP contribution in [0.25, 0.3) is 0 Å². The maximum absolute atomic E-state index is 12.0. The molecule has 78 valence electrons. The van der Waals surface area contributed by atoms with Gasteiger partial charge in [-0.2, -0.15) is 0 Å². The van der Waals surface area contributed by atoms with Gasteiger partial charge in [-0.1, -0.05) is 0 Å². The maximum atomic E-state index is 12.0. The molecule has 0 aliphatic heterocycles. The van der Waals surface area contributed by atoms with E-state index < -0.39 is 0 Å². The lowest BCUT2D eigenvalue weighted by atomic mass is 10.1. The van der Waals surface area contributed by atoms with Crippen LogP contribution in [0, 0.1) is 13.8 Å². The summed E-state index contributed by atoms with van der Waals surface area (Å²) in [6.07, 6.45) is 3.35. The van der Waals surface area contributed by atoms with Crippen molar-refractivity contribution in [3.8, 4) is 0 Å². The second-order valence-corrected chi connectivity index (χ2v) is 3.52. The van der Waals surface area contributed by atoms with Gasteiger partial charge in [0.2, 0.25) is 5.78 Å². The number of ketones is 1. The summed E-state index contributed by atoms with van der Waals surface area (Å²) in [4.78, 5) is 16.0. The Morgan fingerprint density at radius 2 is 2.20 bits per heavy atom. The number of carbonyl (C=O) groups excluding carboxylic acids is 1. The van der Waals surface area contributed by atoms with Crippen LogP contribution in [-0.2, 0) is 7.05 Å². The third kappa shape index (κ3) is 1.58. The topological polar surface area (TPSA) is 48.0 Å². The molecule has 2 aromatic rings. The summed E-state index contributed by atoms with van der Waals surface area (Å²) in [5.41, 5.74) is 0.585. The maximum Gasteiger partial charge on any atom is 0.231 e. The Morgan fingerprint density at radius 1 is 1.47 bits per heavy atom. The highest BCUT2D eigenvalue weighted by Crippen LogP contribution is 2.16. The van der Waals surface area contributed by atoms with Gasteiger partial charge >= 0.3 is 0 Å². The molecular formula is C11H12N2O2. The fraction of sp³-hybridized carbons (Fsp3) is 0.273.